The number of hydrogen-bond acceptors (Lipinski definition) is 7. The number of ether oxygens (including phenoxy) is 2. The first-order valence-corrected chi connectivity index (χ1v) is 10.5. The molecule has 6 nitrogen and oxygen atoms in total. The zero-order chi connectivity index (χ0) is 20.4. The molecule has 0 radical (unpaired) electrons. The zero-order valence-electron chi connectivity index (χ0n) is 15.9. The fourth-order valence-corrected chi connectivity index (χ4v) is 4.66. The first kappa shape index (κ1) is 19.2. The number of aromatic nitrogens is 1. The number of methoxy groups -OCH3 is 2. The lowest BCUT2D eigenvalue weighted by molar-refractivity contribution is 0.0955. The van der Waals surface area contributed by atoms with Crippen LogP contribution in [-0.4, -0.2) is 25.1 Å². The third-order valence-electron chi connectivity index (χ3n) is 4.44. The van der Waals surface area contributed by atoms with Crippen LogP contribution in [0.5, 0.6) is 11.5 Å². The number of anilines is 1. The maximum atomic E-state index is 12.8. The number of hydrogen-bond donors (Lipinski definition) is 2. The Hall–Kier alpha value is -3.10. The molecule has 0 bridgehead atoms. The van der Waals surface area contributed by atoms with E-state index in [0.29, 0.717) is 28.6 Å². The van der Waals surface area contributed by atoms with Crippen molar-refractivity contribution in [1.29, 1.82) is 0 Å². The van der Waals surface area contributed by atoms with Crippen molar-refractivity contribution in [2.75, 3.05) is 20.0 Å². The summed E-state index contributed by atoms with van der Waals surface area (Å²) in [6, 6.07) is 13.4. The molecule has 4 rings (SSSR count). The first-order valence-electron chi connectivity index (χ1n) is 8.82. The van der Waals surface area contributed by atoms with Crippen LogP contribution >= 0.6 is 22.7 Å². The Morgan fingerprint density at radius 3 is 2.55 bits per heavy atom. The van der Waals surface area contributed by atoms with E-state index in [1.54, 1.807) is 31.6 Å². The van der Waals surface area contributed by atoms with Gasteiger partial charge in [-0.1, -0.05) is 6.07 Å². The van der Waals surface area contributed by atoms with Gasteiger partial charge < -0.3 is 20.5 Å². The van der Waals surface area contributed by atoms with Gasteiger partial charge in [0.2, 0.25) is 0 Å². The fraction of sp³-hybridized carbons (Fsp3) is 0.143. The lowest BCUT2D eigenvalue weighted by Crippen LogP contribution is -2.22. The van der Waals surface area contributed by atoms with Crippen LogP contribution in [0.4, 0.5) is 5.69 Å². The number of nitrogen functional groups attached to an aromatic ring is 1. The van der Waals surface area contributed by atoms with Gasteiger partial charge in [-0.05, 0) is 41.3 Å². The number of nitrogens with zero attached hydrogens (tertiary/aromatic N) is 1. The van der Waals surface area contributed by atoms with Crippen LogP contribution in [0.25, 0.3) is 20.8 Å². The molecule has 3 aromatic heterocycles. The summed E-state index contributed by atoms with van der Waals surface area (Å²) in [6.07, 6.45) is 0. The molecule has 3 heterocycles. The number of rotatable bonds is 6. The molecule has 8 heteroatoms. The molecule has 0 aliphatic carbocycles. The van der Waals surface area contributed by atoms with E-state index in [2.05, 4.69) is 10.3 Å². The molecule has 0 saturated carbocycles. The molecule has 29 heavy (non-hydrogen) atoms. The Bertz CT molecular complexity index is 1150. The van der Waals surface area contributed by atoms with Gasteiger partial charge in [0.05, 0.1) is 30.5 Å². The summed E-state index contributed by atoms with van der Waals surface area (Å²) in [5.74, 6) is 1.10. The zero-order valence-corrected chi connectivity index (χ0v) is 17.5. The average molecular weight is 426 g/mol. The van der Waals surface area contributed by atoms with E-state index in [1.807, 2.05) is 41.8 Å². The van der Waals surface area contributed by atoms with Crippen molar-refractivity contribution < 1.29 is 14.3 Å². The minimum absolute atomic E-state index is 0.232. The predicted molar refractivity (Wildman–Crippen MR) is 118 cm³/mol. The first-order chi connectivity index (χ1) is 14.1. The molecule has 0 saturated heterocycles. The van der Waals surface area contributed by atoms with E-state index < -0.39 is 0 Å². The van der Waals surface area contributed by atoms with Gasteiger partial charge in [0, 0.05) is 18.0 Å². The van der Waals surface area contributed by atoms with Crippen molar-refractivity contribution in [2.24, 2.45) is 0 Å². The molecule has 0 aliphatic rings. The van der Waals surface area contributed by atoms with Crippen molar-refractivity contribution >= 4 is 44.5 Å². The molecule has 1 amide bonds. The lowest BCUT2D eigenvalue weighted by atomic mass is 10.2. The second kappa shape index (κ2) is 8.10. The van der Waals surface area contributed by atoms with Crippen molar-refractivity contribution in [1.82, 2.24) is 10.3 Å². The highest BCUT2D eigenvalue weighted by Crippen LogP contribution is 2.35. The van der Waals surface area contributed by atoms with Gasteiger partial charge >= 0.3 is 0 Å². The molecule has 1 aromatic carbocycles. The summed E-state index contributed by atoms with van der Waals surface area (Å²) in [5, 5.41) is 5.72. The average Bonchev–Trinajstić information content (AvgIpc) is 3.40. The minimum atomic E-state index is -0.232. The number of fused-ring (bicyclic) bond motifs is 1. The number of amides is 1. The monoisotopic (exact) mass is 425 g/mol. The van der Waals surface area contributed by atoms with Crippen LogP contribution in [0.15, 0.2) is 47.8 Å². The maximum absolute atomic E-state index is 12.8. The molecular formula is C21H19N3O3S2. The SMILES string of the molecule is COc1cc(CNC(=O)c2sc3nc(-c4cccs4)ccc3c2N)cc(OC)c1. The maximum Gasteiger partial charge on any atom is 0.263 e. The van der Waals surface area contributed by atoms with Gasteiger partial charge in [0.25, 0.3) is 5.91 Å². The Morgan fingerprint density at radius 1 is 1.14 bits per heavy atom. The predicted octanol–water partition coefficient (Wildman–Crippen LogP) is 4.55. The second-order valence-electron chi connectivity index (χ2n) is 6.27. The minimum Gasteiger partial charge on any atom is -0.497 e. The molecule has 0 aliphatic heterocycles. The number of benzene rings is 1. The van der Waals surface area contributed by atoms with Crippen LogP contribution in [0.2, 0.25) is 0 Å². The summed E-state index contributed by atoms with van der Waals surface area (Å²) in [4.78, 5) is 19.7. The summed E-state index contributed by atoms with van der Waals surface area (Å²) in [5.41, 5.74) is 8.44. The summed E-state index contributed by atoms with van der Waals surface area (Å²) < 4.78 is 10.5. The molecule has 0 unspecified atom stereocenters. The smallest absolute Gasteiger partial charge is 0.263 e. The summed E-state index contributed by atoms with van der Waals surface area (Å²) >= 11 is 2.93. The van der Waals surface area contributed by atoms with Gasteiger partial charge in [-0.3, -0.25) is 4.79 Å². The van der Waals surface area contributed by atoms with Crippen LogP contribution < -0.4 is 20.5 Å². The number of carbonyl (C=O) groups excluding carboxylic acids is 1. The lowest BCUT2D eigenvalue weighted by Gasteiger charge is -2.09. The molecule has 148 valence electrons. The molecular weight excluding hydrogens is 406 g/mol. The van der Waals surface area contributed by atoms with E-state index in [-0.39, 0.29) is 5.91 Å². The number of nitrogens with one attached hydrogen (secondary N) is 1. The largest absolute Gasteiger partial charge is 0.497 e. The Kier molecular flexibility index (Phi) is 5.37. The van der Waals surface area contributed by atoms with Crippen molar-refractivity contribution in [2.45, 2.75) is 6.54 Å². The quantitative estimate of drug-likeness (QED) is 0.473. The van der Waals surface area contributed by atoms with E-state index >= 15 is 0 Å². The molecule has 4 aromatic rings. The van der Waals surface area contributed by atoms with E-state index in [4.69, 9.17) is 15.2 Å². The van der Waals surface area contributed by atoms with Crippen molar-refractivity contribution in [3.8, 4) is 22.1 Å². The van der Waals surface area contributed by atoms with Crippen molar-refractivity contribution in [3.05, 3.63) is 58.3 Å². The number of nitrogens with two attached hydrogens (primary N) is 1. The number of thiophene rings is 2. The highest BCUT2D eigenvalue weighted by atomic mass is 32.1. The van der Waals surface area contributed by atoms with Crippen LogP contribution in [0.3, 0.4) is 0 Å². The third-order valence-corrected chi connectivity index (χ3v) is 6.44. The molecule has 0 atom stereocenters. The molecule has 0 fully saturated rings. The van der Waals surface area contributed by atoms with Crippen LogP contribution in [-0.2, 0) is 6.54 Å². The Balaban J connectivity index is 1.56. The van der Waals surface area contributed by atoms with Crippen LogP contribution in [0.1, 0.15) is 15.2 Å². The van der Waals surface area contributed by atoms with Gasteiger partial charge in [-0.2, -0.15) is 0 Å². The number of pyridine rings is 1. The third kappa shape index (κ3) is 3.90. The van der Waals surface area contributed by atoms with E-state index in [0.717, 1.165) is 26.4 Å². The summed E-state index contributed by atoms with van der Waals surface area (Å²) in [7, 11) is 3.18. The number of carbonyl (C=O) groups is 1. The van der Waals surface area contributed by atoms with E-state index in [9.17, 15) is 4.79 Å². The van der Waals surface area contributed by atoms with Gasteiger partial charge in [0.1, 0.15) is 21.2 Å². The molecule has 0 spiro atoms. The highest BCUT2D eigenvalue weighted by molar-refractivity contribution is 7.21. The topological polar surface area (TPSA) is 86.5 Å². The van der Waals surface area contributed by atoms with Gasteiger partial charge in [-0.25, -0.2) is 4.98 Å². The van der Waals surface area contributed by atoms with Crippen molar-refractivity contribution in [3.63, 3.8) is 0 Å². The summed E-state index contributed by atoms with van der Waals surface area (Å²) in [6.45, 7) is 0.327. The van der Waals surface area contributed by atoms with Gasteiger partial charge in [0.15, 0.2) is 0 Å². The second-order valence-corrected chi connectivity index (χ2v) is 8.22. The Labute approximate surface area is 175 Å². The van der Waals surface area contributed by atoms with Crippen LogP contribution in [0, 0.1) is 0 Å². The normalized spacial score (nSPS) is 10.8. The fourth-order valence-electron chi connectivity index (χ4n) is 2.96. The highest BCUT2D eigenvalue weighted by Gasteiger charge is 2.18. The Morgan fingerprint density at radius 2 is 1.90 bits per heavy atom. The molecule has 3 N–H and O–H groups in total. The van der Waals surface area contributed by atoms with Gasteiger partial charge in [-0.15, -0.1) is 22.7 Å². The standard InChI is InChI=1S/C21H19N3O3S2/c1-26-13-8-12(9-14(10-13)27-2)11-23-20(25)19-18(22)15-5-6-16(24-21(15)29-19)17-4-3-7-28-17/h3-10H,11,22H2,1-2H3,(H,23,25). The van der Waals surface area contributed by atoms with E-state index in [1.165, 1.54) is 11.3 Å².